The Hall–Kier alpha value is -10.8. The van der Waals surface area contributed by atoms with Gasteiger partial charge in [-0.25, -0.2) is 0 Å². The lowest BCUT2D eigenvalue weighted by molar-refractivity contribution is 0.125. The van der Waals surface area contributed by atoms with Crippen LogP contribution in [0, 0.1) is 13.8 Å². The van der Waals surface area contributed by atoms with Gasteiger partial charge in [-0.05, 0) is 192 Å². The zero-order valence-electron chi connectivity index (χ0n) is 49.0. The summed E-state index contributed by atoms with van der Waals surface area (Å²) >= 11 is 0. The van der Waals surface area contributed by atoms with Crippen LogP contribution < -0.4 is 31.9 Å². The number of anilines is 12. The van der Waals surface area contributed by atoms with E-state index in [1.165, 1.54) is 0 Å². The molecule has 0 aliphatic carbocycles. The second-order valence-corrected chi connectivity index (χ2v) is 22.1. The summed E-state index contributed by atoms with van der Waals surface area (Å²) in [5.74, 6) is 0. The number of benzene rings is 12. The van der Waals surface area contributed by atoms with Crippen LogP contribution in [-0.4, -0.2) is 27.7 Å². The van der Waals surface area contributed by atoms with Crippen molar-refractivity contribution in [3.8, 4) is 0 Å². The summed E-state index contributed by atoms with van der Waals surface area (Å²) in [6, 6.07) is 105. The zero-order valence-corrected chi connectivity index (χ0v) is 49.9. The van der Waals surface area contributed by atoms with Crippen molar-refractivity contribution >= 4 is 78.6 Å². The molecule has 0 radical (unpaired) electrons. The topological polar surface area (TPSA) is 187 Å². The van der Waals surface area contributed by atoms with Crippen LogP contribution in [0.2, 0.25) is 0 Å². The van der Waals surface area contributed by atoms with Gasteiger partial charge in [-0.2, -0.15) is 8.42 Å². The molecule has 12 rings (SSSR count). The molecule has 0 bridgehead atoms. The maximum Gasteiger partial charge on any atom is 0.394 e. The normalized spacial score (nSPS) is 11.1. The van der Waals surface area contributed by atoms with Crippen LogP contribution in [0.15, 0.2) is 315 Å². The summed E-state index contributed by atoms with van der Waals surface area (Å²) in [6.45, 7) is 4.13. The van der Waals surface area contributed by atoms with Gasteiger partial charge >= 0.3 is 10.4 Å². The molecule has 0 amide bonds. The fourth-order valence-electron chi connectivity index (χ4n) is 10.3. The molecule has 0 atom stereocenters. The molecule has 0 saturated heterocycles. The lowest BCUT2D eigenvalue weighted by atomic mass is 9.79. The van der Waals surface area contributed by atoms with Gasteiger partial charge in [-0.1, -0.05) is 182 Å². The van der Waals surface area contributed by atoms with Crippen LogP contribution in [-0.2, 0) is 21.6 Å². The summed E-state index contributed by atoms with van der Waals surface area (Å²) in [7, 11) is -4.67. The molecule has 0 saturated carbocycles. The summed E-state index contributed by atoms with van der Waals surface area (Å²) < 4.78 is 31.6. The van der Waals surface area contributed by atoms with Crippen LogP contribution in [0.5, 0.6) is 0 Å². The van der Waals surface area contributed by atoms with Gasteiger partial charge in [0, 0.05) is 68.2 Å². The van der Waals surface area contributed by atoms with Crippen molar-refractivity contribution in [1.29, 1.82) is 0 Å². The molecular formula is C76H68N6O6S. The molecule has 444 valence electrons. The lowest BCUT2D eigenvalue weighted by Crippen LogP contribution is -2.29. The van der Waals surface area contributed by atoms with Crippen molar-refractivity contribution < 1.29 is 27.7 Å². The SMILES string of the molecule is Cc1cc(C(O)(c2ccc(Nc3ccccc3)cc2)c2ccc(Nc3ccccc3)cc2)ccc1Nc1ccccc1.Cc1cc(C(O)(c2ccc(Nc3ccccc3)cc2)c2ccc(Nc3ccccc3)cc2)ccc1Nc1ccccc1.O=S(=O)(O)O. The Balaban J connectivity index is 0.000000182. The Bertz CT molecular complexity index is 3850. The van der Waals surface area contributed by atoms with Crippen molar-refractivity contribution in [2.75, 3.05) is 31.9 Å². The average molecular weight is 1190 g/mol. The molecule has 0 aliphatic heterocycles. The first kappa shape index (κ1) is 61.3. The minimum atomic E-state index is -4.67. The largest absolute Gasteiger partial charge is 0.394 e. The average Bonchev–Trinajstić information content (AvgIpc) is 1.36. The van der Waals surface area contributed by atoms with E-state index in [1.54, 1.807) is 0 Å². The lowest BCUT2D eigenvalue weighted by Gasteiger charge is -2.31. The highest BCUT2D eigenvalue weighted by Crippen LogP contribution is 2.42. The summed E-state index contributed by atoms with van der Waals surface area (Å²) in [5, 5.41) is 46.0. The van der Waals surface area contributed by atoms with Crippen LogP contribution >= 0.6 is 0 Å². The molecule has 0 aliphatic rings. The predicted molar refractivity (Wildman–Crippen MR) is 365 cm³/mol. The van der Waals surface area contributed by atoms with E-state index in [0.717, 1.165) is 113 Å². The first-order chi connectivity index (χ1) is 43.1. The van der Waals surface area contributed by atoms with E-state index >= 15 is 0 Å². The molecule has 12 aromatic rings. The van der Waals surface area contributed by atoms with Crippen LogP contribution in [0.25, 0.3) is 0 Å². The van der Waals surface area contributed by atoms with E-state index in [0.29, 0.717) is 0 Å². The number of nitrogens with one attached hydrogen (secondary N) is 6. The van der Waals surface area contributed by atoms with E-state index in [-0.39, 0.29) is 0 Å². The Kier molecular flexibility index (Phi) is 19.7. The molecule has 0 spiro atoms. The maximum absolute atomic E-state index is 12.6. The second-order valence-electron chi connectivity index (χ2n) is 21.2. The third-order valence-electron chi connectivity index (χ3n) is 14.9. The number of aliphatic hydroxyl groups is 2. The van der Waals surface area contributed by atoms with Crippen LogP contribution in [0.1, 0.15) is 44.5 Å². The molecule has 89 heavy (non-hydrogen) atoms. The van der Waals surface area contributed by atoms with E-state index in [4.69, 9.17) is 17.5 Å². The minimum Gasteiger partial charge on any atom is -0.376 e. The third-order valence-corrected chi connectivity index (χ3v) is 14.9. The number of para-hydroxylation sites is 6. The molecule has 12 nitrogen and oxygen atoms in total. The van der Waals surface area contributed by atoms with Gasteiger partial charge in [0.2, 0.25) is 0 Å². The zero-order chi connectivity index (χ0) is 62.1. The molecule has 0 fully saturated rings. The monoisotopic (exact) mass is 1190 g/mol. The quantitative estimate of drug-likeness (QED) is 0.0290. The third kappa shape index (κ3) is 16.4. The molecule has 12 aromatic carbocycles. The van der Waals surface area contributed by atoms with Crippen molar-refractivity contribution in [2.45, 2.75) is 25.0 Å². The van der Waals surface area contributed by atoms with Crippen molar-refractivity contribution in [1.82, 2.24) is 0 Å². The summed E-state index contributed by atoms with van der Waals surface area (Å²) in [4.78, 5) is 0. The molecule has 0 unspecified atom stereocenters. The van der Waals surface area contributed by atoms with E-state index in [9.17, 15) is 10.2 Å². The highest BCUT2D eigenvalue weighted by molar-refractivity contribution is 7.79. The fraction of sp³-hybridized carbons (Fsp3) is 0.0526. The second kappa shape index (κ2) is 28.6. The van der Waals surface area contributed by atoms with Gasteiger partial charge in [0.05, 0.1) is 0 Å². The number of hydrogen-bond donors (Lipinski definition) is 10. The van der Waals surface area contributed by atoms with E-state index < -0.39 is 21.6 Å². The van der Waals surface area contributed by atoms with Crippen LogP contribution in [0.3, 0.4) is 0 Å². The maximum atomic E-state index is 12.6. The van der Waals surface area contributed by atoms with Gasteiger partial charge in [-0.3, -0.25) is 9.11 Å². The number of aryl methyl sites for hydroxylation is 2. The summed E-state index contributed by atoms with van der Waals surface area (Å²) in [5.41, 5.74) is 16.0. The van der Waals surface area contributed by atoms with Crippen molar-refractivity contribution in [3.05, 3.63) is 360 Å². The molecular weight excluding hydrogens is 1120 g/mol. The van der Waals surface area contributed by atoms with Gasteiger partial charge < -0.3 is 42.1 Å². The van der Waals surface area contributed by atoms with E-state index in [2.05, 4.69) is 57.9 Å². The molecule has 0 heterocycles. The van der Waals surface area contributed by atoms with Gasteiger partial charge in [0.1, 0.15) is 11.2 Å². The summed E-state index contributed by atoms with van der Waals surface area (Å²) in [6.07, 6.45) is 0. The Morgan fingerprint density at radius 3 is 0.607 bits per heavy atom. The Morgan fingerprint density at radius 2 is 0.416 bits per heavy atom. The first-order valence-electron chi connectivity index (χ1n) is 28.9. The smallest absolute Gasteiger partial charge is 0.376 e. The Labute approximate surface area is 520 Å². The highest BCUT2D eigenvalue weighted by atomic mass is 32.3. The van der Waals surface area contributed by atoms with Gasteiger partial charge in [0.25, 0.3) is 0 Å². The molecule has 0 aromatic heterocycles. The van der Waals surface area contributed by atoms with Gasteiger partial charge in [0.15, 0.2) is 0 Å². The number of rotatable bonds is 18. The van der Waals surface area contributed by atoms with Gasteiger partial charge in [-0.15, -0.1) is 0 Å². The van der Waals surface area contributed by atoms with Crippen LogP contribution in [0.4, 0.5) is 68.2 Å². The molecule has 10 N–H and O–H groups in total. The number of hydrogen-bond acceptors (Lipinski definition) is 10. The van der Waals surface area contributed by atoms with Crippen molar-refractivity contribution in [3.63, 3.8) is 0 Å². The van der Waals surface area contributed by atoms with E-state index in [1.807, 2.05) is 303 Å². The van der Waals surface area contributed by atoms with Crippen molar-refractivity contribution in [2.24, 2.45) is 0 Å². The first-order valence-corrected chi connectivity index (χ1v) is 30.3. The Morgan fingerprint density at radius 1 is 0.247 bits per heavy atom. The highest BCUT2D eigenvalue weighted by Gasteiger charge is 2.36. The standard InChI is InChI=1S/2C38H33N3O.H2O4S/c2*1-28-27-31(21-26-37(28)41-34-15-9-4-10-16-34)38(42,29-17-22-35(23-18-29)39-32-11-5-2-6-12-32)30-19-24-36(25-20-30)40-33-13-7-3-8-14-33;1-5(2,3)4/h2*2-27,39-42H,1H3;(H2,1,2,3,4). The fourth-order valence-corrected chi connectivity index (χ4v) is 10.3. The molecule has 13 heteroatoms. The predicted octanol–water partition coefficient (Wildman–Crippen LogP) is 18.4. The minimum absolute atomic E-state index is 0.785.